The third kappa shape index (κ3) is 1.73. The summed E-state index contributed by atoms with van der Waals surface area (Å²) in [6, 6.07) is -1.35. The molecule has 10 atom stereocenters. The highest BCUT2D eigenvalue weighted by Gasteiger charge is 2.80. The Balaban J connectivity index is 1.44. The minimum Gasteiger partial charge on any atom is -0.390 e. The maximum absolute atomic E-state index is 14.1. The molecule has 7 aliphatic rings. The number of aliphatic hydroxyl groups excluding tert-OH is 2. The number of rotatable bonds is 0. The molecule has 2 saturated carbocycles. The van der Waals surface area contributed by atoms with Gasteiger partial charge in [-0.3, -0.25) is 19.2 Å². The molecule has 29 heavy (non-hydrogen) atoms. The van der Waals surface area contributed by atoms with E-state index in [1.54, 1.807) is 0 Å². The summed E-state index contributed by atoms with van der Waals surface area (Å²) in [6.45, 7) is 0. The summed E-state index contributed by atoms with van der Waals surface area (Å²) in [5, 5.41) is 21.1. The minimum atomic E-state index is -1.24. The van der Waals surface area contributed by atoms with E-state index in [-0.39, 0.29) is 54.3 Å². The molecule has 2 amide bonds. The van der Waals surface area contributed by atoms with E-state index in [9.17, 15) is 29.4 Å². The summed E-state index contributed by atoms with van der Waals surface area (Å²) in [7, 11) is 2.61. The van der Waals surface area contributed by atoms with E-state index in [1.807, 2.05) is 0 Å². The first-order valence-corrected chi connectivity index (χ1v) is 13.0. The van der Waals surface area contributed by atoms with Crippen molar-refractivity contribution in [3.05, 3.63) is 0 Å². The quantitative estimate of drug-likeness (QED) is 0.462. The van der Waals surface area contributed by atoms with Crippen molar-refractivity contribution in [2.24, 2.45) is 11.8 Å². The van der Waals surface area contributed by atoms with Crippen LogP contribution in [0, 0.1) is 11.8 Å². The van der Waals surface area contributed by atoms with E-state index in [2.05, 4.69) is 0 Å². The average Bonchev–Trinajstić information content (AvgIpc) is 3.10. The van der Waals surface area contributed by atoms with Crippen molar-refractivity contribution in [2.45, 2.75) is 70.2 Å². The van der Waals surface area contributed by atoms with Crippen molar-refractivity contribution in [2.75, 3.05) is 0 Å². The molecule has 7 fully saturated rings. The second-order valence-electron chi connectivity index (χ2n) is 9.22. The maximum atomic E-state index is 14.1. The lowest BCUT2D eigenvalue weighted by molar-refractivity contribution is -0.171. The number of fused-ring (bicyclic) bond motifs is 2. The predicted molar refractivity (Wildman–Crippen MR) is 105 cm³/mol. The largest absolute Gasteiger partial charge is 0.390 e. The highest BCUT2D eigenvalue weighted by Crippen LogP contribution is 2.68. The van der Waals surface area contributed by atoms with Crippen molar-refractivity contribution in [3.8, 4) is 0 Å². The van der Waals surface area contributed by atoms with Crippen LogP contribution in [0.2, 0.25) is 0 Å². The van der Waals surface area contributed by atoms with Crippen molar-refractivity contribution in [3.63, 3.8) is 0 Å². The Morgan fingerprint density at radius 2 is 1.31 bits per heavy atom. The Kier molecular flexibility index (Phi) is 3.19. The lowest BCUT2D eigenvalue weighted by atomic mass is 9.80. The summed E-state index contributed by atoms with van der Waals surface area (Å²) in [5.74, 6) is -1.58. The minimum absolute atomic E-state index is 0.0102. The second-order valence-corrected chi connectivity index (χ2v) is 13.5. The number of carbonyl (C=O) groups excluding carboxylic acids is 4. The van der Waals surface area contributed by atoms with Crippen LogP contribution < -0.4 is 0 Å². The molecule has 0 radical (unpaired) electrons. The normalized spacial score (nSPS) is 56.8. The maximum Gasteiger partial charge on any atom is 0.261 e. The van der Waals surface area contributed by atoms with Crippen LogP contribution in [-0.2, 0) is 19.2 Å². The molecule has 0 aromatic rings. The van der Waals surface area contributed by atoms with Crippen LogP contribution in [0.25, 0.3) is 0 Å². The molecule has 5 saturated heterocycles. The van der Waals surface area contributed by atoms with E-state index in [1.165, 1.54) is 43.1 Å². The second kappa shape index (κ2) is 5.17. The first kappa shape index (κ1) is 17.9. The molecule has 0 aromatic heterocycles. The van der Waals surface area contributed by atoms with Gasteiger partial charge in [0.05, 0.1) is 29.5 Å². The zero-order valence-electron chi connectivity index (χ0n) is 15.1. The Morgan fingerprint density at radius 1 is 0.793 bits per heavy atom. The number of amides is 2. The van der Waals surface area contributed by atoms with Gasteiger partial charge in [-0.25, -0.2) is 0 Å². The van der Waals surface area contributed by atoms with E-state index in [4.69, 9.17) is 0 Å². The van der Waals surface area contributed by atoms with Gasteiger partial charge in [-0.2, -0.15) is 0 Å². The van der Waals surface area contributed by atoms with Crippen LogP contribution in [0.4, 0.5) is 0 Å². The van der Waals surface area contributed by atoms with Gasteiger partial charge in [-0.15, -0.1) is 11.8 Å². The number of Topliss-reactive ketones (excluding diaryl/α,β-unsaturated/α-hetero) is 2. The van der Waals surface area contributed by atoms with Crippen molar-refractivity contribution in [1.82, 2.24) is 9.80 Å². The van der Waals surface area contributed by atoms with Crippen LogP contribution in [0.1, 0.15) is 25.7 Å². The molecular formula is C18H18N2O6S3. The highest BCUT2D eigenvalue weighted by molar-refractivity contribution is 8.77. The molecule has 11 heteroatoms. The Bertz CT molecular complexity index is 931. The molecule has 6 bridgehead atoms. The summed E-state index contributed by atoms with van der Waals surface area (Å²) in [6.07, 6.45) is -0.791. The Labute approximate surface area is 177 Å². The highest BCUT2D eigenvalue weighted by atomic mass is 33.1. The van der Waals surface area contributed by atoms with Crippen molar-refractivity contribution >= 4 is 56.7 Å². The molecule has 2 N–H and O–H groups in total. The van der Waals surface area contributed by atoms with Crippen LogP contribution in [0.15, 0.2) is 0 Å². The smallest absolute Gasteiger partial charge is 0.261 e. The summed E-state index contributed by atoms with van der Waals surface area (Å²) in [4.78, 5) is 54.1. The van der Waals surface area contributed by atoms with E-state index in [0.717, 1.165) is 0 Å². The third-order valence-electron chi connectivity index (χ3n) is 8.05. The Morgan fingerprint density at radius 3 is 2.00 bits per heavy atom. The van der Waals surface area contributed by atoms with Gasteiger partial charge in [0.1, 0.15) is 11.6 Å². The van der Waals surface area contributed by atoms with E-state index in [0.29, 0.717) is 0 Å². The molecule has 5 aliphatic heterocycles. The number of thioether (sulfide) groups is 1. The van der Waals surface area contributed by atoms with Crippen molar-refractivity contribution < 1.29 is 29.4 Å². The number of nitrogens with zero attached hydrogens (tertiary/aromatic N) is 2. The molecule has 0 spiro atoms. The standard InChI is InChI=1S/C18H18N2O6S3/c21-7-1-9-13(23)11-5(7)3-17(27-9)15(25)20-12-6-4-18(20,16(26)19(11)17)29-28-10(14(12)24)2-8(6)22/h5-6,9-14,23-24H,1-4H2/t5-,6-,9+,10+,11-,12-,13-,14-,17+,18+/m0/s1. The Hall–Kier alpha value is -0.750. The van der Waals surface area contributed by atoms with Gasteiger partial charge in [0.25, 0.3) is 11.8 Å². The predicted octanol–water partition coefficient (Wildman–Crippen LogP) is -0.627. The number of hydrogen-bond acceptors (Lipinski definition) is 9. The molecular weight excluding hydrogens is 436 g/mol. The fraction of sp³-hybridized carbons (Fsp3) is 0.778. The fourth-order valence-electron chi connectivity index (χ4n) is 6.86. The zero-order chi connectivity index (χ0) is 20.0. The van der Waals surface area contributed by atoms with Gasteiger partial charge in [0, 0.05) is 42.8 Å². The molecule has 8 nitrogen and oxygen atoms in total. The summed E-state index contributed by atoms with van der Waals surface area (Å²) < 4.78 is 0. The van der Waals surface area contributed by atoms with Crippen LogP contribution in [0.3, 0.4) is 0 Å². The zero-order valence-corrected chi connectivity index (χ0v) is 17.5. The lowest BCUT2D eigenvalue weighted by Gasteiger charge is -2.58. The van der Waals surface area contributed by atoms with Crippen LogP contribution in [0.5, 0.6) is 0 Å². The summed E-state index contributed by atoms with van der Waals surface area (Å²) >= 11 is 1.24. The third-order valence-corrected chi connectivity index (χ3v) is 13.2. The van der Waals surface area contributed by atoms with Gasteiger partial charge >= 0.3 is 0 Å². The first-order valence-electron chi connectivity index (χ1n) is 9.91. The molecule has 5 heterocycles. The SMILES string of the molecule is O=C1C[C@H]2SS[C@@]34C[C@@H]1[C@@H]([C@H]2O)N3C(=O)[C@@]12C[C@H]3C(=O)C[C@@H](S1)[C@H](O)[C@H]3N2C4=O. The van der Waals surface area contributed by atoms with E-state index >= 15 is 0 Å². The fourth-order valence-corrected chi connectivity index (χ4v) is 12.2. The number of ketones is 2. The first-order chi connectivity index (χ1) is 13.8. The van der Waals surface area contributed by atoms with Gasteiger partial charge in [0.15, 0.2) is 9.74 Å². The lowest BCUT2D eigenvalue weighted by Crippen LogP contribution is -2.77. The summed E-state index contributed by atoms with van der Waals surface area (Å²) in [5.41, 5.74) is 0. The van der Waals surface area contributed by atoms with Gasteiger partial charge in [0.2, 0.25) is 0 Å². The van der Waals surface area contributed by atoms with Crippen LogP contribution in [-0.4, -0.2) is 87.9 Å². The molecule has 2 aliphatic carbocycles. The number of aliphatic hydroxyl groups is 2. The molecule has 0 unspecified atom stereocenters. The molecule has 0 aromatic carbocycles. The van der Waals surface area contributed by atoms with Gasteiger partial charge < -0.3 is 20.0 Å². The van der Waals surface area contributed by atoms with Gasteiger partial charge in [-0.05, 0) is 0 Å². The number of piperazine rings is 1. The average molecular weight is 455 g/mol. The van der Waals surface area contributed by atoms with E-state index < -0.39 is 51.1 Å². The van der Waals surface area contributed by atoms with Crippen molar-refractivity contribution in [1.29, 1.82) is 0 Å². The number of hydrogen-bond donors (Lipinski definition) is 2. The number of carbonyl (C=O) groups is 4. The van der Waals surface area contributed by atoms with Crippen LogP contribution >= 0.6 is 33.3 Å². The molecule has 154 valence electrons. The van der Waals surface area contributed by atoms with Gasteiger partial charge in [-0.1, -0.05) is 21.6 Å². The molecule has 7 rings (SSSR count). The topological polar surface area (TPSA) is 115 Å². The monoisotopic (exact) mass is 454 g/mol.